The number of nitrogen functional groups attached to an aromatic ring is 1. The van der Waals surface area contributed by atoms with Gasteiger partial charge in [0.25, 0.3) is 5.91 Å². The maximum absolute atomic E-state index is 12.0. The molecular weight excluding hydrogens is 216 g/mol. The van der Waals surface area contributed by atoms with Crippen LogP contribution in [0, 0.1) is 0 Å². The summed E-state index contributed by atoms with van der Waals surface area (Å²) in [6.45, 7) is 4.63. The molecule has 0 aromatic heterocycles. The van der Waals surface area contributed by atoms with Crippen LogP contribution in [0.4, 0.5) is 11.4 Å². The van der Waals surface area contributed by atoms with Crippen LogP contribution in [0.3, 0.4) is 0 Å². The fourth-order valence-corrected chi connectivity index (χ4v) is 2.29. The van der Waals surface area contributed by atoms with Gasteiger partial charge in [-0.05, 0) is 44.0 Å². The van der Waals surface area contributed by atoms with E-state index in [1.807, 2.05) is 36.9 Å². The molecule has 1 aliphatic heterocycles. The molecule has 1 heterocycles. The van der Waals surface area contributed by atoms with Crippen molar-refractivity contribution in [2.75, 3.05) is 23.8 Å². The van der Waals surface area contributed by atoms with E-state index in [-0.39, 0.29) is 18.6 Å². The van der Waals surface area contributed by atoms with Crippen LogP contribution >= 0.6 is 0 Å². The summed E-state index contributed by atoms with van der Waals surface area (Å²) >= 11 is 0. The molecule has 0 radical (unpaired) electrons. The Bertz CT molecular complexity index is 431. The molecule has 1 amide bonds. The van der Waals surface area contributed by atoms with Crippen molar-refractivity contribution in [3.63, 3.8) is 0 Å². The van der Waals surface area contributed by atoms with Crippen LogP contribution < -0.4 is 10.6 Å². The summed E-state index contributed by atoms with van der Waals surface area (Å²) in [5, 5.41) is 0. The van der Waals surface area contributed by atoms with Crippen LogP contribution in [0.25, 0.3) is 0 Å². The molecule has 1 unspecified atom stereocenters. The SMILES string of the molecule is CCOCC(=O)N1c2ccc(N)cc2CC1C. The molecule has 2 rings (SSSR count). The number of benzene rings is 1. The fraction of sp³-hybridized carbons (Fsp3) is 0.462. The van der Waals surface area contributed by atoms with E-state index in [9.17, 15) is 4.79 Å². The van der Waals surface area contributed by atoms with Crippen molar-refractivity contribution >= 4 is 17.3 Å². The first kappa shape index (κ1) is 11.9. The second kappa shape index (κ2) is 4.75. The van der Waals surface area contributed by atoms with Gasteiger partial charge in [0.15, 0.2) is 0 Å². The van der Waals surface area contributed by atoms with Gasteiger partial charge in [0.05, 0.1) is 0 Å². The highest BCUT2D eigenvalue weighted by atomic mass is 16.5. The number of hydrogen-bond donors (Lipinski definition) is 1. The third kappa shape index (κ3) is 2.26. The second-order valence-electron chi connectivity index (χ2n) is 4.34. The topological polar surface area (TPSA) is 55.6 Å². The van der Waals surface area contributed by atoms with Crippen molar-refractivity contribution in [1.82, 2.24) is 0 Å². The van der Waals surface area contributed by atoms with Gasteiger partial charge in [0.1, 0.15) is 6.61 Å². The molecule has 4 nitrogen and oxygen atoms in total. The second-order valence-corrected chi connectivity index (χ2v) is 4.34. The van der Waals surface area contributed by atoms with E-state index in [1.54, 1.807) is 0 Å². The van der Waals surface area contributed by atoms with Crippen LogP contribution in [0.5, 0.6) is 0 Å². The number of nitrogens with zero attached hydrogens (tertiary/aromatic N) is 1. The molecule has 4 heteroatoms. The number of anilines is 2. The van der Waals surface area contributed by atoms with Crippen molar-refractivity contribution in [3.8, 4) is 0 Å². The first-order chi connectivity index (χ1) is 8.13. The predicted molar refractivity (Wildman–Crippen MR) is 68.0 cm³/mol. The summed E-state index contributed by atoms with van der Waals surface area (Å²) in [5.41, 5.74) is 8.61. The number of carbonyl (C=O) groups excluding carboxylic acids is 1. The summed E-state index contributed by atoms with van der Waals surface area (Å²) in [6, 6.07) is 5.87. The zero-order valence-corrected chi connectivity index (χ0v) is 10.3. The number of fused-ring (bicyclic) bond motifs is 1. The molecule has 1 aromatic rings. The molecule has 0 aliphatic carbocycles. The number of rotatable bonds is 3. The predicted octanol–water partition coefficient (Wildman–Crippen LogP) is 1.58. The third-order valence-corrected chi connectivity index (χ3v) is 3.02. The van der Waals surface area contributed by atoms with Gasteiger partial charge < -0.3 is 15.4 Å². The Kier molecular flexibility index (Phi) is 3.33. The molecule has 1 atom stereocenters. The van der Waals surface area contributed by atoms with Crippen LogP contribution in [0.1, 0.15) is 19.4 Å². The first-order valence-electron chi connectivity index (χ1n) is 5.91. The van der Waals surface area contributed by atoms with E-state index < -0.39 is 0 Å². The van der Waals surface area contributed by atoms with Gasteiger partial charge in [-0.1, -0.05) is 0 Å². The van der Waals surface area contributed by atoms with Gasteiger partial charge in [0, 0.05) is 24.0 Å². The van der Waals surface area contributed by atoms with Gasteiger partial charge in [0.2, 0.25) is 0 Å². The Hall–Kier alpha value is -1.55. The van der Waals surface area contributed by atoms with E-state index in [0.29, 0.717) is 6.61 Å². The van der Waals surface area contributed by atoms with E-state index in [0.717, 1.165) is 23.4 Å². The lowest BCUT2D eigenvalue weighted by atomic mass is 10.1. The lowest BCUT2D eigenvalue weighted by molar-refractivity contribution is -0.123. The van der Waals surface area contributed by atoms with E-state index >= 15 is 0 Å². The van der Waals surface area contributed by atoms with Gasteiger partial charge in [-0.15, -0.1) is 0 Å². The van der Waals surface area contributed by atoms with E-state index in [4.69, 9.17) is 10.5 Å². The highest BCUT2D eigenvalue weighted by molar-refractivity contribution is 5.97. The average molecular weight is 234 g/mol. The summed E-state index contributed by atoms with van der Waals surface area (Å²) in [7, 11) is 0. The molecule has 0 bridgehead atoms. The molecule has 1 aliphatic rings. The smallest absolute Gasteiger partial charge is 0.253 e. The highest BCUT2D eigenvalue weighted by Crippen LogP contribution is 2.33. The lowest BCUT2D eigenvalue weighted by Crippen LogP contribution is -2.38. The lowest BCUT2D eigenvalue weighted by Gasteiger charge is -2.22. The molecule has 92 valence electrons. The van der Waals surface area contributed by atoms with Crippen molar-refractivity contribution in [2.45, 2.75) is 26.3 Å². The van der Waals surface area contributed by atoms with Crippen molar-refractivity contribution in [1.29, 1.82) is 0 Å². The molecule has 2 N–H and O–H groups in total. The number of hydrogen-bond acceptors (Lipinski definition) is 3. The minimum atomic E-state index is 0.0165. The summed E-state index contributed by atoms with van der Waals surface area (Å²) in [6.07, 6.45) is 0.859. The Labute approximate surface area is 101 Å². The first-order valence-corrected chi connectivity index (χ1v) is 5.91. The van der Waals surface area contributed by atoms with Gasteiger partial charge >= 0.3 is 0 Å². The number of carbonyl (C=O) groups is 1. The monoisotopic (exact) mass is 234 g/mol. The maximum Gasteiger partial charge on any atom is 0.253 e. The molecule has 0 fully saturated rings. The molecule has 1 aromatic carbocycles. The van der Waals surface area contributed by atoms with Crippen LogP contribution in [-0.4, -0.2) is 25.2 Å². The summed E-state index contributed by atoms with van der Waals surface area (Å²) in [5.74, 6) is 0.0165. The zero-order chi connectivity index (χ0) is 12.4. The molecule has 0 spiro atoms. The third-order valence-electron chi connectivity index (χ3n) is 3.02. The number of nitrogens with two attached hydrogens (primary N) is 1. The van der Waals surface area contributed by atoms with Crippen molar-refractivity contribution < 1.29 is 9.53 Å². The van der Waals surface area contributed by atoms with Gasteiger partial charge in [-0.3, -0.25) is 4.79 Å². The number of amides is 1. The van der Waals surface area contributed by atoms with Crippen LogP contribution in [0.15, 0.2) is 18.2 Å². The summed E-state index contributed by atoms with van der Waals surface area (Å²) in [4.78, 5) is 13.8. The minimum Gasteiger partial charge on any atom is -0.399 e. The van der Waals surface area contributed by atoms with Crippen molar-refractivity contribution in [3.05, 3.63) is 23.8 Å². The maximum atomic E-state index is 12.0. The quantitative estimate of drug-likeness (QED) is 0.808. The Morgan fingerprint density at radius 2 is 2.35 bits per heavy atom. The van der Waals surface area contributed by atoms with Crippen LogP contribution in [0.2, 0.25) is 0 Å². The standard InChI is InChI=1S/C13H18N2O2/c1-3-17-8-13(16)15-9(2)6-10-7-11(14)4-5-12(10)15/h4-5,7,9H,3,6,8,14H2,1-2H3. The van der Waals surface area contributed by atoms with Gasteiger partial charge in [-0.25, -0.2) is 0 Å². The van der Waals surface area contributed by atoms with Crippen LogP contribution in [-0.2, 0) is 16.0 Å². The Balaban J connectivity index is 2.22. The Morgan fingerprint density at radius 1 is 1.59 bits per heavy atom. The van der Waals surface area contributed by atoms with E-state index in [1.165, 1.54) is 0 Å². The molecule has 17 heavy (non-hydrogen) atoms. The average Bonchev–Trinajstić information content (AvgIpc) is 2.61. The fourth-order valence-electron chi connectivity index (χ4n) is 2.29. The molecule has 0 saturated carbocycles. The van der Waals surface area contributed by atoms with E-state index in [2.05, 4.69) is 0 Å². The normalized spacial score (nSPS) is 18.2. The largest absolute Gasteiger partial charge is 0.399 e. The van der Waals surface area contributed by atoms with Gasteiger partial charge in [-0.2, -0.15) is 0 Å². The van der Waals surface area contributed by atoms with Crippen molar-refractivity contribution in [2.24, 2.45) is 0 Å². The molecule has 0 saturated heterocycles. The molecular formula is C13H18N2O2. The summed E-state index contributed by atoms with van der Waals surface area (Å²) < 4.78 is 5.18. The zero-order valence-electron chi connectivity index (χ0n) is 10.3. The minimum absolute atomic E-state index is 0.0165. The number of ether oxygens (including phenoxy) is 1. The highest BCUT2D eigenvalue weighted by Gasteiger charge is 2.30. The Morgan fingerprint density at radius 3 is 3.06 bits per heavy atom.